The zero-order valence-corrected chi connectivity index (χ0v) is 8.23. The number of β-amino-alcohol motifs (C(OH)–C–C–N with tert-alkyl or cyclic N) is 1. The van der Waals surface area contributed by atoms with Gasteiger partial charge in [-0.3, -0.25) is 9.69 Å². The maximum absolute atomic E-state index is 10.9. The van der Waals surface area contributed by atoms with E-state index in [4.69, 9.17) is 11.0 Å². The number of aliphatic hydroxyl groups is 1. The van der Waals surface area contributed by atoms with Crippen molar-refractivity contribution in [3.8, 4) is 6.07 Å². The third-order valence-electron chi connectivity index (χ3n) is 2.71. The Hall–Kier alpha value is -1.12. The van der Waals surface area contributed by atoms with Gasteiger partial charge in [0.1, 0.15) is 0 Å². The average molecular weight is 197 g/mol. The van der Waals surface area contributed by atoms with Crippen LogP contribution in [0, 0.1) is 11.3 Å². The SMILES string of the molecule is CCC(C#N)N1CCC(O)(C(N)=O)C1. The van der Waals surface area contributed by atoms with E-state index < -0.39 is 11.5 Å². The van der Waals surface area contributed by atoms with Gasteiger partial charge < -0.3 is 10.8 Å². The fraction of sp³-hybridized carbons (Fsp3) is 0.778. The molecule has 0 aliphatic carbocycles. The summed E-state index contributed by atoms with van der Waals surface area (Å²) in [5.41, 5.74) is 3.64. The van der Waals surface area contributed by atoms with E-state index in [2.05, 4.69) is 6.07 Å². The lowest BCUT2D eigenvalue weighted by Crippen LogP contribution is -2.47. The Morgan fingerprint density at radius 1 is 1.86 bits per heavy atom. The smallest absolute Gasteiger partial charge is 0.250 e. The summed E-state index contributed by atoms with van der Waals surface area (Å²) in [6, 6.07) is 1.90. The molecule has 2 atom stereocenters. The van der Waals surface area contributed by atoms with Crippen LogP contribution < -0.4 is 5.73 Å². The molecule has 3 N–H and O–H groups in total. The summed E-state index contributed by atoms with van der Waals surface area (Å²) in [4.78, 5) is 12.7. The summed E-state index contributed by atoms with van der Waals surface area (Å²) in [7, 11) is 0. The lowest BCUT2D eigenvalue weighted by molar-refractivity contribution is -0.135. The van der Waals surface area contributed by atoms with Crippen LogP contribution in [0.3, 0.4) is 0 Å². The lowest BCUT2D eigenvalue weighted by atomic mass is 10.0. The Balaban J connectivity index is 2.66. The normalized spacial score (nSPS) is 29.8. The third kappa shape index (κ3) is 1.86. The molecule has 0 aromatic carbocycles. The number of primary amides is 1. The van der Waals surface area contributed by atoms with Crippen LogP contribution in [0.2, 0.25) is 0 Å². The molecule has 0 bridgehead atoms. The van der Waals surface area contributed by atoms with E-state index in [1.807, 2.05) is 6.92 Å². The van der Waals surface area contributed by atoms with E-state index in [1.54, 1.807) is 4.90 Å². The van der Waals surface area contributed by atoms with Crippen LogP contribution in [0.5, 0.6) is 0 Å². The maximum atomic E-state index is 10.9. The Morgan fingerprint density at radius 3 is 2.86 bits per heavy atom. The summed E-state index contributed by atoms with van der Waals surface area (Å²) in [5.74, 6) is -0.701. The Morgan fingerprint density at radius 2 is 2.50 bits per heavy atom. The van der Waals surface area contributed by atoms with Crippen LogP contribution in [0.25, 0.3) is 0 Å². The molecule has 1 saturated heterocycles. The summed E-state index contributed by atoms with van der Waals surface area (Å²) in [6.45, 7) is 2.62. The van der Waals surface area contributed by atoms with Crippen molar-refractivity contribution in [3.05, 3.63) is 0 Å². The van der Waals surface area contributed by atoms with Gasteiger partial charge in [0.2, 0.25) is 0 Å². The first-order valence-electron chi connectivity index (χ1n) is 4.69. The molecular weight excluding hydrogens is 182 g/mol. The lowest BCUT2D eigenvalue weighted by Gasteiger charge is -2.22. The van der Waals surface area contributed by atoms with Crippen molar-refractivity contribution in [2.24, 2.45) is 5.73 Å². The summed E-state index contributed by atoms with van der Waals surface area (Å²) in [5, 5.41) is 18.6. The zero-order valence-electron chi connectivity index (χ0n) is 8.23. The number of carbonyl (C=O) groups is 1. The molecule has 1 heterocycles. The highest BCUT2D eigenvalue weighted by Gasteiger charge is 2.43. The van der Waals surface area contributed by atoms with E-state index >= 15 is 0 Å². The third-order valence-corrected chi connectivity index (χ3v) is 2.71. The molecule has 0 saturated carbocycles. The fourth-order valence-electron chi connectivity index (χ4n) is 1.72. The predicted octanol–water partition coefficient (Wildman–Crippen LogP) is -0.789. The van der Waals surface area contributed by atoms with Crippen LogP contribution in [0.4, 0.5) is 0 Å². The molecule has 0 spiro atoms. The zero-order chi connectivity index (χ0) is 10.8. The van der Waals surface area contributed by atoms with E-state index in [1.165, 1.54) is 0 Å². The van der Waals surface area contributed by atoms with Gasteiger partial charge >= 0.3 is 0 Å². The molecular formula is C9H15N3O2. The van der Waals surface area contributed by atoms with Gasteiger partial charge in [0.25, 0.3) is 5.91 Å². The number of hydrogen-bond acceptors (Lipinski definition) is 4. The molecule has 0 radical (unpaired) electrons. The predicted molar refractivity (Wildman–Crippen MR) is 50.0 cm³/mol. The Labute approximate surface area is 83.1 Å². The van der Waals surface area contributed by atoms with E-state index in [0.717, 1.165) is 0 Å². The summed E-state index contributed by atoms with van der Waals surface area (Å²) in [6.07, 6.45) is 1.01. The first-order chi connectivity index (χ1) is 6.53. The van der Waals surface area contributed by atoms with Crippen molar-refractivity contribution in [2.75, 3.05) is 13.1 Å². The first-order valence-corrected chi connectivity index (χ1v) is 4.69. The minimum atomic E-state index is -1.44. The number of nitriles is 1. The standard InChI is InChI=1S/C9H15N3O2/c1-2-7(5-10)12-4-3-9(14,6-12)8(11)13/h7,14H,2-4,6H2,1H3,(H2,11,13). The number of nitrogens with two attached hydrogens (primary N) is 1. The van der Waals surface area contributed by atoms with Crippen LogP contribution in [0.1, 0.15) is 19.8 Å². The van der Waals surface area contributed by atoms with Crippen molar-refractivity contribution in [2.45, 2.75) is 31.4 Å². The van der Waals surface area contributed by atoms with Crippen LogP contribution in [-0.4, -0.2) is 40.6 Å². The molecule has 1 aliphatic heterocycles. The van der Waals surface area contributed by atoms with E-state index in [9.17, 15) is 9.90 Å². The highest BCUT2D eigenvalue weighted by atomic mass is 16.3. The van der Waals surface area contributed by atoms with Gasteiger partial charge in [0.05, 0.1) is 12.1 Å². The molecule has 5 heteroatoms. The van der Waals surface area contributed by atoms with E-state index in [-0.39, 0.29) is 12.6 Å². The molecule has 1 rings (SSSR count). The highest BCUT2D eigenvalue weighted by Crippen LogP contribution is 2.23. The Kier molecular flexibility index (Phi) is 3.09. The first kappa shape index (κ1) is 11.0. The van der Waals surface area contributed by atoms with Gasteiger partial charge in [-0.15, -0.1) is 0 Å². The van der Waals surface area contributed by atoms with Gasteiger partial charge in [-0.2, -0.15) is 5.26 Å². The van der Waals surface area contributed by atoms with Gasteiger partial charge in [0, 0.05) is 13.1 Å². The van der Waals surface area contributed by atoms with Gasteiger partial charge in [-0.25, -0.2) is 0 Å². The molecule has 1 amide bonds. The molecule has 1 fully saturated rings. The molecule has 78 valence electrons. The highest BCUT2D eigenvalue weighted by molar-refractivity contribution is 5.83. The number of carbonyl (C=O) groups excluding carboxylic acids is 1. The molecule has 0 aromatic rings. The summed E-state index contributed by atoms with van der Waals surface area (Å²) < 4.78 is 0. The van der Waals surface area contributed by atoms with Crippen molar-refractivity contribution in [1.82, 2.24) is 4.90 Å². The number of likely N-dealkylation sites (tertiary alicyclic amines) is 1. The number of hydrogen-bond donors (Lipinski definition) is 2. The maximum Gasteiger partial charge on any atom is 0.250 e. The van der Waals surface area contributed by atoms with Gasteiger partial charge in [-0.05, 0) is 12.8 Å². The van der Waals surface area contributed by atoms with Gasteiger partial charge in [0.15, 0.2) is 5.60 Å². The topological polar surface area (TPSA) is 90.3 Å². The largest absolute Gasteiger partial charge is 0.379 e. The van der Waals surface area contributed by atoms with Crippen LogP contribution in [-0.2, 0) is 4.79 Å². The minimum Gasteiger partial charge on any atom is -0.379 e. The van der Waals surface area contributed by atoms with Crippen molar-refractivity contribution < 1.29 is 9.90 Å². The van der Waals surface area contributed by atoms with Crippen molar-refractivity contribution >= 4 is 5.91 Å². The van der Waals surface area contributed by atoms with Crippen molar-refractivity contribution in [1.29, 1.82) is 5.26 Å². The summed E-state index contributed by atoms with van der Waals surface area (Å²) >= 11 is 0. The van der Waals surface area contributed by atoms with Crippen molar-refractivity contribution in [3.63, 3.8) is 0 Å². The number of rotatable bonds is 3. The molecule has 0 aromatic heterocycles. The fourth-order valence-corrected chi connectivity index (χ4v) is 1.72. The molecule has 2 unspecified atom stereocenters. The number of amides is 1. The molecule has 14 heavy (non-hydrogen) atoms. The second-order valence-electron chi connectivity index (χ2n) is 3.67. The second-order valence-corrected chi connectivity index (χ2v) is 3.67. The van der Waals surface area contributed by atoms with Crippen LogP contribution >= 0.6 is 0 Å². The second kappa shape index (κ2) is 3.95. The monoisotopic (exact) mass is 197 g/mol. The quantitative estimate of drug-likeness (QED) is 0.620. The molecule has 1 aliphatic rings. The average Bonchev–Trinajstić information content (AvgIpc) is 2.52. The molecule has 5 nitrogen and oxygen atoms in total. The van der Waals surface area contributed by atoms with Crippen LogP contribution in [0.15, 0.2) is 0 Å². The number of nitrogens with zero attached hydrogens (tertiary/aromatic N) is 2. The van der Waals surface area contributed by atoms with Gasteiger partial charge in [-0.1, -0.05) is 6.92 Å². The minimum absolute atomic E-state index is 0.175. The Bertz CT molecular complexity index is 274. The van der Waals surface area contributed by atoms with E-state index in [0.29, 0.717) is 19.4 Å².